The van der Waals surface area contributed by atoms with E-state index in [0.29, 0.717) is 17.7 Å². The van der Waals surface area contributed by atoms with Crippen molar-refractivity contribution in [2.45, 2.75) is 66.0 Å². The smallest absolute Gasteiger partial charge is 0.338 e. The van der Waals surface area contributed by atoms with E-state index in [1.165, 1.54) is 19.4 Å². The molecular formula is C26H34N2O6. The van der Waals surface area contributed by atoms with Crippen LogP contribution in [0, 0.1) is 5.41 Å². The van der Waals surface area contributed by atoms with Gasteiger partial charge in [0.2, 0.25) is 5.88 Å². The highest BCUT2D eigenvalue weighted by Gasteiger charge is 2.24. The molecule has 2 rings (SSSR count). The monoisotopic (exact) mass is 470 g/mol. The number of esters is 2. The quantitative estimate of drug-likeness (QED) is 0.546. The molecular weight excluding hydrogens is 436 g/mol. The van der Waals surface area contributed by atoms with Crippen LogP contribution in [0.3, 0.4) is 0 Å². The summed E-state index contributed by atoms with van der Waals surface area (Å²) in [5.41, 5.74) is 0.0381. The Labute approximate surface area is 201 Å². The predicted octanol–water partition coefficient (Wildman–Crippen LogP) is 4.93. The minimum absolute atomic E-state index is 0.0122. The molecule has 0 saturated carbocycles. The second-order valence-electron chi connectivity index (χ2n) is 10.2. The van der Waals surface area contributed by atoms with Crippen LogP contribution in [-0.4, -0.2) is 41.6 Å². The maximum Gasteiger partial charge on any atom is 0.338 e. The first kappa shape index (κ1) is 26.8. The number of ether oxygens (including phenoxy) is 3. The molecule has 1 atom stereocenters. The number of carbonyl (C=O) groups excluding carboxylic acids is 3. The minimum Gasteiger partial charge on any atom is -0.467 e. The molecule has 1 aromatic heterocycles. The number of carbonyl (C=O) groups is 3. The highest BCUT2D eigenvalue weighted by Crippen LogP contribution is 2.23. The first-order valence-corrected chi connectivity index (χ1v) is 11.1. The first-order chi connectivity index (χ1) is 15.8. The number of nitrogens with zero attached hydrogens (tertiary/aromatic N) is 1. The molecule has 1 heterocycles. The molecule has 0 aliphatic carbocycles. The Hall–Kier alpha value is -3.42. The zero-order valence-electron chi connectivity index (χ0n) is 20.9. The van der Waals surface area contributed by atoms with Crippen LogP contribution in [0.1, 0.15) is 75.1 Å². The number of hydrogen-bond acceptors (Lipinski definition) is 7. The number of methoxy groups -OCH3 is 1. The Bertz CT molecular complexity index is 1000. The lowest BCUT2D eigenvalue weighted by Gasteiger charge is -2.22. The molecule has 0 unspecified atom stereocenters. The Morgan fingerprint density at radius 3 is 2.26 bits per heavy atom. The highest BCUT2D eigenvalue weighted by molar-refractivity contribution is 5.96. The molecule has 8 heteroatoms. The number of rotatable bonds is 8. The topological polar surface area (TPSA) is 104 Å². The zero-order valence-corrected chi connectivity index (χ0v) is 20.9. The van der Waals surface area contributed by atoms with Crippen LogP contribution < -0.4 is 10.1 Å². The van der Waals surface area contributed by atoms with Gasteiger partial charge < -0.3 is 19.5 Å². The van der Waals surface area contributed by atoms with Crippen LogP contribution in [0.5, 0.6) is 11.6 Å². The molecule has 8 nitrogen and oxygen atoms in total. The lowest BCUT2D eigenvalue weighted by Crippen LogP contribution is -2.42. The normalized spacial score (nSPS) is 12.4. The molecule has 184 valence electrons. The van der Waals surface area contributed by atoms with Gasteiger partial charge in [0.15, 0.2) is 0 Å². The fraction of sp³-hybridized carbons (Fsp3) is 0.462. The van der Waals surface area contributed by atoms with Gasteiger partial charge >= 0.3 is 11.9 Å². The minimum atomic E-state index is -0.747. The van der Waals surface area contributed by atoms with Gasteiger partial charge in [0, 0.05) is 12.3 Å². The van der Waals surface area contributed by atoms with Crippen LogP contribution in [0.15, 0.2) is 42.6 Å². The first-order valence-electron chi connectivity index (χ1n) is 11.1. The Kier molecular flexibility index (Phi) is 8.79. The summed E-state index contributed by atoms with van der Waals surface area (Å²) in [4.78, 5) is 41.2. The molecule has 1 amide bonds. The van der Waals surface area contributed by atoms with Crippen LogP contribution >= 0.6 is 0 Å². The molecule has 0 spiro atoms. The van der Waals surface area contributed by atoms with E-state index in [9.17, 15) is 14.4 Å². The summed E-state index contributed by atoms with van der Waals surface area (Å²) in [6.45, 7) is 11.6. The predicted molar refractivity (Wildman–Crippen MR) is 128 cm³/mol. The van der Waals surface area contributed by atoms with Gasteiger partial charge in [-0.1, -0.05) is 26.8 Å². The fourth-order valence-corrected chi connectivity index (χ4v) is 2.93. The van der Waals surface area contributed by atoms with Crippen molar-refractivity contribution in [1.82, 2.24) is 10.3 Å². The van der Waals surface area contributed by atoms with E-state index in [1.807, 2.05) is 0 Å². The van der Waals surface area contributed by atoms with Crippen molar-refractivity contribution in [3.63, 3.8) is 0 Å². The second-order valence-corrected chi connectivity index (χ2v) is 10.2. The number of hydrogen-bond donors (Lipinski definition) is 1. The van der Waals surface area contributed by atoms with Gasteiger partial charge in [0.1, 0.15) is 17.4 Å². The van der Waals surface area contributed by atoms with Crippen LogP contribution in [0.25, 0.3) is 0 Å². The van der Waals surface area contributed by atoms with E-state index in [-0.39, 0.29) is 16.9 Å². The summed E-state index contributed by atoms with van der Waals surface area (Å²) < 4.78 is 15.9. The van der Waals surface area contributed by atoms with E-state index in [4.69, 9.17) is 14.2 Å². The number of nitrogens with one attached hydrogen (secondary N) is 1. The summed E-state index contributed by atoms with van der Waals surface area (Å²) in [6.07, 6.45) is 2.56. The van der Waals surface area contributed by atoms with Gasteiger partial charge in [-0.2, -0.15) is 0 Å². The SMILES string of the molecule is COC(=O)[C@H](CCC(C)(C)C)NC(=O)c1ccc(Oc2cccc(C(=O)OC(C)(C)C)c2)nc1. The third-order valence-electron chi connectivity index (χ3n) is 4.66. The van der Waals surface area contributed by atoms with Crippen molar-refractivity contribution in [3.8, 4) is 11.6 Å². The zero-order chi connectivity index (χ0) is 25.5. The van der Waals surface area contributed by atoms with Gasteiger partial charge in [-0.3, -0.25) is 4.79 Å². The molecule has 0 aliphatic heterocycles. The molecule has 0 fully saturated rings. The number of benzene rings is 1. The van der Waals surface area contributed by atoms with Gasteiger partial charge in [0.25, 0.3) is 5.91 Å². The van der Waals surface area contributed by atoms with Crippen molar-refractivity contribution in [3.05, 3.63) is 53.7 Å². The molecule has 0 radical (unpaired) electrons. The standard InChI is InChI=1S/C26H34N2O6/c1-25(2,3)14-13-20(24(31)32-7)28-22(29)18-11-12-21(27-16-18)33-19-10-8-9-17(15-19)23(30)34-26(4,5)6/h8-12,15-16,20H,13-14H2,1-7H3,(H,28,29)/t20-/m0/s1. The van der Waals surface area contributed by atoms with Crippen molar-refractivity contribution < 1.29 is 28.6 Å². The van der Waals surface area contributed by atoms with Gasteiger partial charge in [-0.25, -0.2) is 14.6 Å². The van der Waals surface area contributed by atoms with Crippen LogP contribution in [0.2, 0.25) is 0 Å². The number of aromatic nitrogens is 1. The van der Waals surface area contributed by atoms with E-state index >= 15 is 0 Å². The lowest BCUT2D eigenvalue weighted by atomic mass is 9.88. The van der Waals surface area contributed by atoms with Gasteiger partial charge in [0.05, 0.1) is 18.2 Å². The third-order valence-corrected chi connectivity index (χ3v) is 4.66. The fourth-order valence-electron chi connectivity index (χ4n) is 2.93. The summed E-state index contributed by atoms with van der Waals surface area (Å²) in [6, 6.07) is 8.91. The second kappa shape index (κ2) is 11.1. The van der Waals surface area contributed by atoms with Crippen LogP contribution in [0.4, 0.5) is 0 Å². The number of amides is 1. The third kappa shape index (κ3) is 8.84. The van der Waals surface area contributed by atoms with E-state index in [1.54, 1.807) is 51.1 Å². The maximum atomic E-state index is 12.7. The molecule has 0 aliphatic rings. The summed E-state index contributed by atoms with van der Waals surface area (Å²) in [5, 5.41) is 2.72. The molecule has 2 aromatic rings. The van der Waals surface area contributed by atoms with Crippen LogP contribution in [-0.2, 0) is 14.3 Å². The maximum absolute atomic E-state index is 12.7. The summed E-state index contributed by atoms with van der Waals surface area (Å²) in [7, 11) is 1.30. The van der Waals surface area contributed by atoms with E-state index in [0.717, 1.165) is 6.42 Å². The highest BCUT2D eigenvalue weighted by atomic mass is 16.6. The van der Waals surface area contributed by atoms with Crippen molar-refractivity contribution in [2.24, 2.45) is 5.41 Å². The average molecular weight is 471 g/mol. The molecule has 34 heavy (non-hydrogen) atoms. The summed E-state index contributed by atoms with van der Waals surface area (Å²) in [5.74, 6) is -0.730. The van der Waals surface area contributed by atoms with Crippen molar-refractivity contribution >= 4 is 17.8 Å². The Balaban J connectivity index is 2.05. The molecule has 1 N–H and O–H groups in total. The Morgan fingerprint density at radius 1 is 1.00 bits per heavy atom. The van der Waals surface area contributed by atoms with Crippen molar-refractivity contribution in [2.75, 3.05) is 7.11 Å². The average Bonchev–Trinajstić information content (AvgIpc) is 2.75. The Morgan fingerprint density at radius 2 is 1.71 bits per heavy atom. The summed E-state index contributed by atoms with van der Waals surface area (Å²) >= 11 is 0. The van der Waals surface area contributed by atoms with Crippen molar-refractivity contribution in [1.29, 1.82) is 0 Å². The lowest BCUT2D eigenvalue weighted by molar-refractivity contribution is -0.143. The van der Waals surface area contributed by atoms with E-state index in [2.05, 4.69) is 31.1 Å². The molecule has 0 saturated heterocycles. The van der Waals surface area contributed by atoms with Gasteiger partial charge in [-0.05, 0) is 63.3 Å². The molecule has 0 bridgehead atoms. The largest absolute Gasteiger partial charge is 0.467 e. The van der Waals surface area contributed by atoms with Gasteiger partial charge in [-0.15, -0.1) is 0 Å². The number of pyridine rings is 1. The molecule has 1 aromatic carbocycles. The van der Waals surface area contributed by atoms with E-state index < -0.39 is 29.5 Å².